The van der Waals surface area contributed by atoms with Crippen LogP contribution in [-0.4, -0.2) is 11.9 Å². The summed E-state index contributed by atoms with van der Waals surface area (Å²) in [5.74, 6) is -0.515. The van der Waals surface area contributed by atoms with Crippen LogP contribution in [0.5, 0.6) is 0 Å². The van der Waals surface area contributed by atoms with Gasteiger partial charge in [0, 0.05) is 11.7 Å². The van der Waals surface area contributed by atoms with Crippen LogP contribution in [0.2, 0.25) is 0 Å². The van der Waals surface area contributed by atoms with Crippen molar-refractivity contribution >= 4 is 11.6 Å². The van der Waals surface area contributed by atoms with E-state index in [2.05, 4.69) is 12.2 Å². The summed E-state index contributed by atoms with van der Waals surface area (Å²) in [4.78, 5) is 11.1. The van der Waals surface area contributed by atoms with Gasteiger partial charge in [0.1, 0.15) is 5.82 Å². The molecule has 0 heterocycles. The zero-order valence-electron chi connectivity index (χ0n) is 10.6. The molecular formula is C14H19FN2O. The highest BCUT2D eigenvalue weighted by Crippen LogP contribution is 2.30. The maximum atomic E-state index is 13.3. The van der Waals surface area contributed by atoms with Gasteiger partial charge in [-0.3, -0.25) is 4.79 Å². The monoisotopic (exact) mass is 250 g/mol. The normalized spacial score (nSPS) is 23.0. The highest BCUT2D eigenvalue weighted by molar-refractivity contribution is 5.94. The molecule has 1 aromatic carbocycles. The molecule has 98 valence electrons. The summed E-state index contributed by atoms with van der Waals surface area (Å²) in [6.07, 6.45) is 4.70. The molecular weight excluding hydrogens is 231 g/mol. The molecule has 0 spiro atoms. The Hall–Kier alpha value is -1.58. The van der Waals surface area contributed by atoms with Crippen LogP contribution in [0.4, 0.5) is 10.1 Å². The minimum absolute atomic E-state index is 0.0509. The van der Waals surface area contributed by atoms with Crippen molar-refractivity contribution in [1.82, 2.24) is 0 Å². The van der Waals surface area contributed by atoms with Gasteiger partial charge in [-0.15, -0.1) is 0 Å². The van der Waals surface area contributed by atoms with Crippen molar-refractivity contribution in [3.8, 4) is 0 Å². The minimum Gasteiger partial charge on any atom is -0.382 e. The molecule has 0 aliphatic heterocycles. The predicted octanol–water partition coefficient (Wildman–Crippen LogP) is 2.92. The Morgan fingerprint density at radius 3 is 2.89 bits per heavy atom. The molecule has 1 aliphatic rings. The fourth-order valence-corrected chi connectivity index (χ4v) is 2.62. The van der Waals surface area contributed by atoms with Gasteiger partial charge in [-0.1, -0.05) is 13.3 Å². The SMILES string of the molecule is CCC1CCC(Nc2ccc(F)c(C(N)=O)c2)C1. The third-order valence-electron chi connectivity index (χ3n) is 3.72. The molecule has 2 atom stereocenters. The summed E-state index contributed by atoms with van der Waals surface area (Å²) in [6, 6.07) is 4.85. The number of nitrogens with one attached hydrogen (secondary N) is 1. The van der Waals surface area contributed by atoms with E-state index in [-0.39, 0.29) is 5.56 Å². The lowest BCUT2D eigenvalue weighted by atomic mass is 10.1. The Balaban J connectivity index is 2.06. The zero-order chi connectivity index (χ0) is 13.1. The van der Waals surface area contributed by atoms with Crippen LogP contribution in [0.25, 0.3) is 0 Å². The zero-order valence-corrected chi connectivity index (χ0v) is 10.6. The fourth-order valence-electron chi connectivity index (χ4n) is 2.62. The van der Waals surface area contributed by atoms with Gasteiger partial charge in [-0.05, 0) is 43.4 Å². The summed E-state index contributed by atoms with van der Waals surface area (Å²) in [5.41, 5.74) is 5.85. The lowest BCUT2D eigenvalue weighted by Gasteiger charge is -2.15. The van der Waals surface area contributed by atoms with E-state index in [1.165, 1.54) is 25.0 Å². The number of amides is 1. The number of primary amides is 1. The number of hydrogen-bond donors (Lipinski definition) is 2. The first kappa shape index (κ1) is 12.9. The summed E-state index contributed by atoms with van der Waals surface area (Å²) in [7, 11) is 0. The number of anilines is 1. The van der Waals surface area contributed by atoms with Gasteiger partial charge in [0.05, 0.1) is 5.56 Å². The molecule has 18 heavy (non-hydrogen) atoms. The largest absolute Gasteiger partial charge is 0.382 e. The van der Waals surface area contributed by atoms with Crippen LogP contribution in [0, 0.1) is 11.7 Å². The Morgan fingerprint density at radius 1 is 1.50 bits per heavy atom. The molecule has 1 aromatic rings. The number of benzene rings is 1. The van der Waals surface area contributed by atoms with E-state index in [4.69, 9.17) is 5.73 Å². The predicted molar refractivity (Wildman–Crippen MR) is 70.0 cm³/mol. The van der Waals surface area contributed by atoms with E-state index >= 15 is 0 Å². The molecule has 1 saturated carbocycles. The van der Waals surface area contributed by atoms with Crippen LogP contribution in [-0.2, 0) is 0 Å². The highest BCUT2D eigenvalue weighted by Gasteiger charge is 2.23. The van der Waals surface area contributed by atoms with Gasteiger partial charge in [0.15, 0.2) is 0 Å². The second-order valence-electron chi connectivity index (χ2n) is 4.99. The molecule has 2 unspecified atom stereocenters. The Kier molecular flexibility index (Phi) is 3.84. The van der Waals surface area contributed by atoms with Crippen molar-refractivity contribution < 1.29 is 9.18 Å². The molecule has 1 aliphatic carbocycles. The van der Waals surface area contributed by atoms with Crippen molar-refractivity contribution in [3.05, 3.63) is 29.6 Å². The lowest BCUT2D eigenvalue weighted by Crippen LogP contribution is -2.17. The van der Waals surface area contributed by atoms with Crippen molar-refractivity contribution in [2.24, 2.45) is 11.7 Å². The molecule has 3 nitrogen and oxygen atoms in total. The van der Waals surface area contributed by atoms with E-state index < -0.39 is 11.7 Å². The molecule has 4 heteroatoms. The van der Waals surface area contributed by atoms with E-state index in [1.54, 1.807) is 6.07 Å². The quantitative estimate of drug-likeness (QED) is 0.863. The van der Waals surface area contributed by atoms with E-state index in [0.717, 1.165) is 24.4 Å². The van der Waals surface area contributed by atoms with Gasteiger partial charge >= 0.3 is 0 Å². The highest BCUT2D eigenvalue weighted by atomic mass is 19.1. The van der Waals surface area contributed by atoms with Crippen molar-refractivity contribution in [2.45, 2.75) is 38.6 Å². The summed E-state index contributed by atoms with van der Waals surface area (Å²) < 4.78 is 13.3. The van der Waals surface area contributed by atoms with Crippen LogP contribution in [0.3, 0.4) is 0 Å². The van der Waals surface area contributed by atoms with Gasteiger partial charge < -0.3 is 11.1 Å². The number of hydrogen-bond acceptors (Lipinski definition) is 2. The van der Waals surface area contributed by atoms with Crippen molar-refractivity contribution in [2.75, 3.05) is 5.32 Å². The van der Waals surface area contributed by atoms with Crippen LogP contribution in [0.15, 0.2) is 18.2 Å². The van der Waals surface area contributed by atoms with Crippen molar-refractivity contribution in [1.29, 1.82) is 0 Å². The maximum Gasteiger partial charge on any atom is 0.251 e. The molecule has 0 aromatic heterocycles. The van der Waals surface area contributed by atoms with Gasteiger partial charge in [-0.2, -0.15) is 0 Å². The number of nitrogens with two attached hydrogens (primary N) is 1. The van der Waals surface area contributed by atoms with Crippen LogP contribution in [0.1, 0.15) is 43.0 Å². The average molecular weight is 250 g/mol. The molecule has 0 saturated heterocycles. The number of carbonyl (C=O) groups is 1. The second-order valence-corrected chi connectivity index (χ2v) is 4.99. The van der Waals surface area contributed by atoms with Crippen LogP contribution >= 0.6 is 0 Å². The van der Waals surface area contributed by atoms with Crippen molar-refractivity contribution in [3.63, 3.8) is 0 Å². The van der Waals surface area contributed by atoms with E-state index in [0.29, 0.717) is 6.04 Å². The maximum absolute atomic E-state index is 13.3. The Morgan fingerprint density at radius 2 is 2.28 bits per heavy atom. The Labute approximate surface area is 107 Å². The van der Waals surface area contributed by atoms with Gasteiger partial charge in [-0.25, -0.2) is 4.39 Å². The minimum atomic E-state index is -0.728. The molecule has 2 rings (SSSR count). The third-order valence-corrected chi connectivity index (χ3v) is 3.72. The second kappa shape index (κ2) is 5.38. The topological polar surface area (TPSA) is 55.1 Å². The van der Waals surface area contributed by atoms with Gasteiger partial charge in [0.2, 0.25) is 0 Å². The van der Waals surface area contributed by atoms with E-state index in [1.807, 2.05) is 0 Å². The Bertz CT molecular complexity index is 447. The number of rotatable bonds is 4. The standard InChI is InChI=1S/C14H19FN2O/c1-2-9-3-4-10(7-9)17-11-5-6-13(15)12(8-11)14(16)18/h5-6,8-10,17H,2-4,7H2,1H3,(H2,16,18). The number of halogens is 1. The molecule has 0 radical (unpaired) electrons. The summed E-state index contributed by atoms with van der Waals surface area (Å²) >= 11 is 0. The van der Waals surface area contributed by atoms with Gasteiger partial charge in [0.25, 0.3) is 5.91 Å². The average Bonchev–Trinajstić information content (AvgIpc) is 2.79. The van der Waals surface area contributed by atoms with Crippen LogP contribution < -0.4 is 11.1 Å². The first-order valence-corrected chi connectivity index (χ1v) is 6.46. The molecule has 3 N–H and O–H groups in total. The molecule has 0 bridgehead atoms. The third kappa shape index (κ3) is 2.81. The lowest BCUT2D eigenvalue weighted by molar-refractivity contribution is 0.0996. The smallest absolute Gasteiger partial charge is 0.251 e. The summed E-state index contributed by atoms with van der Waals surface area (Å²) in [6.45, 7) is 2.20. The first-order valence-electron chi connectivity index (χ1n) is 6.46. The first-order chi connectivity index (χ1) is 8.60. The van der Waals surface area contributed by atoms with E-state index in [9.17, 15) is 9.18 Å². The number of carbonyl (C=O) groups excluding carboxylic acids is 1. The fraction of sp³-hybridized carbons (Fsp3) is 0.500. The molecule has 1 fully saturated rings. The summed E-state index contributed by atoms with van der Waals surface area (Å²) in [5, 5.41) is 3.35. The molecule has 1 amide bonds.